The average molecular weight is 396 g/mol. The van der Waals surface area contributed by atoms with Crippen molar-refractivity contribution < 1.29 is 4.74 Å². The molecular formula is C23H29N3OS. The molecule has 1 fully saturated rings. The number of nitrogens with two attached hydrogens (primary N) is 1. The Morgan fingerprint density at radius 3 is 2.64 bits per heavy atom. The number of nitrogens with zero attached hydrogens (tertiary/aromatic N) is 2. The van der Waals surface area contributed by atoms with E-state index in [2.05, 4.69) is 58.3 Å². The maximum absolute atomic E-state index is 6.40. The summed E-state index contributed by atoms with van der Waals surface area (Å²) in [5, 5.41) is 0. The summed E-state index contributed by atoms with van der Waals surface area (Å²) >= 11 is 1.78. The van der Waals surface area contributed by atoms with E-state index in [-0.39, 0.29) is 5.50 Å². The molecule has 2 N–H and O–H groups in total. The van der Waals surface area contributed by atoms with Crippen LogP contribution in [0.2, 0.25) is 0 Å². The fourth-order valence-electron chi connectivity index (χ4n) is 4.75. The predicted octanol–water partition coefficient (Wildman–Crippen LogP) is 3.95. The molecule has 0 amide bonds. The number of ether oxygens (including phenoxy) is 1. The molecule has 3 aliphatic heterocycles. The zero-order valence-corrected chi connectivity index (χ0v) is 17.1. The summed E-state index contributed by atoms with van der Waals surface area (Å²) in [6, 6.07) is 17.1. The lowest BCUT2D eigenvalue weighted by molar-refractivity contribution is 0.0919. The van der Waals surface area contributed by atoms with Gasteiger partial charge >= 0.3 is 0 Å². The molecule has 4 nitrogen and oxygen atoms in total. The second-order valence-corrected chi connectivity index (χ2v) is 9.42. The van der Waals surface area contributed by atoms with Crippen LogP contribution in [-0.4, -0.2) is 42.7 Å². The van der Waals surface area contributed by atoms with Gasteiger partial charge in [-0.05, 0) is 68.5 Å². The van der Waals surface area contributed by atoms with Crippen LogP contribution in [-0.2, 0) is 6.42 Å². The largest absolute Gasteiger partial charge is 0.489 e. The van der Waals surface area contributed by atoms with Crippen LogP contribution in [0.1, 0.15) is 24.8 Å². The summed E-state index contributed by atoms with van der Waals surface area (Å²) in [7, 11) is 0. The van der Waals surface area contributed by atoms with Crippen LogP contribution in [0.4, 0.5) is 5.69 Å². The first kappa shape index (κ1) is 18.3. The number of piperidine rings is 1. The van der Waals surface area contributed by atoms with E-state index in [1.165, 1.54) is 42.1 Å². The maximum atomic E-state index is 6.40. The number of aryl methyl sites for hydroxylation is 1. The quantitative estimate of drug-likeness (QED) is 0.849. The van der Waals surface area contributed by atoms with Crippen LogP contribution in [0.25, 0.3) is 0 Å². The normalized spacial score (nSPS) is 25.2. The van der Waals surface area contributed by atoms with Gasteiger partial charge in [0.1, 0.15) is 17.4 Å². The third-order valence-corrected chi connectivity index (χ3v) is 7.45. The number of thioether (sulfide) groups is 1. The van der Waals surface area contributed by atoms with Crippen LogP contribution >= 0.6 is 11.8 Å². The molecule has 2 aromatic carbocycles. The second kappa shape index (κ2) is 7.97. The van der Waals surface area contributed by atoms with Crippen molar-refractivity contribution in [3.05, 3.63) is 54.1 Å². The Morgan fingerprint density at radius 1 is 0.964 bits per heavy atom. The maximum Gasteiger partial charge on any atom is 0.130 e. The number of para-hydroxylation sites is 2. The minimum Gasteiger partial charge on any atom is -0.489 e. The lowest BCUT2D eigenvalue weighted by Gasteiger charge is -2.37. The Bertz CT molecular complexity index is 821. The van der Waals surface area contributed by atoms with Crippen molar-refractivity contribution in [3.63, 3.8) is 0 Å². The molecule has 0 bridgehead atoms. The Morgan fingerprint density at radius 2 is 1.75 bits per heavy atom. The molecule has 5 heteroatoms. The van der Waals surface area contributed by atoms with Gasteiger partial charge in [-0.2, -0.15) is 0 Å². The van der Waals surface area contributed by atoms with Gasteiger partial charge < -0.3 is 15.4 Å². The Balaban J connectivity index is 1.13. The summed E-state index contributed by atoms with van der Waals surface area (Å²) in [6.45, 7) is 4.48. The Hall–Kier alpha value is -1.69. The van der Waals surface area contributed by atoms with Crippen LogP contribution in [0, 0.1) is 5.92 Å². The van der Waals surface area contributed by atoms with Gasteiger partial charge in [0.25, 0.3) is 0 Å². The molecule has 3 heterocycles. The van der Waals surface area contributed by atoms with E-state index in [0.717, 1.165) is 37.6 Å². The number of hydrogen-bond donors (Lipinski definition) is 1. The fourth-order valence-corrected chi connectivity index (χ4v) is 5.80. The highest BCUT2D eigenvalue weighted by molar-refractivity contribution is 8.00. The molecule has 28 heavy (non-hydrogen) atoms. The van der Waals surface area contributed by atoms with E-state index in [1.54, 1.807) is 11.8 Å². The zero-order valence-electron chi connectivity index (χ0n) is 16.3. The van der Waals surface area contributed by atoms with Crippen LogP contribution in [0.15, 0.2) is 53.4 Å². The summed E-state index contributed by atoms with van der Waals surface area (Å²) in [5.74, 6) is 1.81. The first-order chi connectivity index (χ1) is 13.8. The molecule has 0 radical (unpaired) electrons. The molecule has 0 aromatic heterocycles. The molecule has 0 spiro atoms. The van der Waals surface area contributed by atoms with E-state index in [9.17, 15) is 0 Å². The Labute approximate surface area is 172 Å². The van der Waals surface area contributed by atoms with Crippen molar-refractivity contribution in [1.82, 2.24) is 4.90 Å². The number of benzene rings is 2. The third kappa shape index (κ3) is 3.76. The smallest absolute Gasteiger partial charge is 0.130 e. The fraction of sp³-hybridized carbons (Fsp3) is 0.478. The first-order valence-corrected chi connectivity index (χ1v) is 11.4. The van der Waals surface area contributed by atoms with Crippen molar-refractivity contribution in [2.45, 2.75) is 42.2 Å². The van der Waals surface area contributed by atoms with Crippen molar-refractivity contribution >= 4 is 17.4 Å². The highest BCUT2D eigenvalue weighted by atomic mass is 32.2. The summed E-state index contributed by atoms with van der Waals surface area (Å²) in [5.41, 5.74) is 9.13. The lowest BCUT2D eigenvalue weighted by Crippen LogP contribution is -2.45. The number of fused-ring (bicyclic) bond motifs is 2. The number of rotatable bonds is 4. The standard InChI is InChI=1S/C23H29N3OS/c24-23-26(20-6-2-4-8-22(20)28-23)15-17-11-13-25(14-12-17)16-19-10-9-18-5-1-3-7-21(18)27-19/h1-8,17,19,23H,9-16,24H2. The minimum atomic E-state index is 0.0612. The molecule has 5 rings (SSSR count). The van der Waals surface area contributed by atoms with E-state index in [1.807, 2.05) is 0 Å². The summed E-state index contributed by atoms with van der Waals surface area (Å²) in [6.07, 6.45) is 5.11. The molecule has 148 valence electrons. The van der Waals surface area contributed by atoms with E-state index in [0.29, 0.717) is 6.10 Å². The van der Waals surface area contributed by atoms with Crippen LogP contribution < -0.4 is 15.4 Å². The number of hydrogen-bond acceptors (Lipinski definition) is 5. The van der Waals surface area contributed by atoms with E-state index in [4.69, 9.17) is 10.5 Å². The molecular weight excluding hydrogens is 366 g/mol. The lowest BCUT2D eigenvalue weighted by atomic mass is 9.95. The van der Waals surface area contributed by atoms with Gasteiger partial charge in [0.2, 0.25) is 0 Å². The average Bonchev–Trinajstić information content (AvgIpc) is 3.04. The summed E-state index contributed by atoms with van der Waals surface area (Å²) < 4.78 is 6.25. The molecule has 3 aliphatic rings. The van der Waals surface area contributed by atoms with Gasteiger partial charge in [0.15, 0.2) is 0 Å². The van der Waals surface area contributed by atoms with Gasteiger partial charge in [-0.3, -0.25) is 4.90 Å². The monoisotopic (exact) mass is 395 g/mol. The number of likely N-dealkylation sites (tertiary alicyclic amines) is 1. The summed E-state index contributed by atoms with van der Waals surface area (Å²) in [4.78, 5) is 6.32. The van der Waals surface area contributed by atoms with Crippen molar-refractivity contribution in [2.24, 2.45) is 11.7 Å². The molecule has 2 unspecified atom stereocenters. The predicted molar refractivity (Wildman–Crippen MR) is 116 cm³/mol. The SMILES string of the molecule is NC1Sc2ccccc2N1CC1CCN(CC2CCc3ccccc3O2)CC1. The topological polar surface area (TPSA) is 41.7 Å². The van der Waals surface area contributed by atoms with Gasteiger partial charge in [-0.15, -0.1) is 0 Å². The number of anilines is 1. The van der Waals surface area contributed by atoms with Crippen LogP contribution in [0.3, 0.4) is 0 Å². The van der Waals surface area contributed by atoms with Gasteiger partial charge in [-0.25, -0.2) is 0 Å². The van der Waals surface area contributed by atoms with Crippen molar-refractivity contribution in [1.29, 1.82) is 0 Å². The van der Waals surface area contributed by atoms with E-state index >= 15 is 0 Å². The third-order valence-electron chi connectivity index (χ3n) is 6.36. The van der Waals surface area contributed by atoms with Crippen LogP contribution in [0.5, 0.6) is 5.75 Å². The Kier molecular flexibility index (Phi) is 5.22. The highest BCUT2D eigenvalue weighted by Gasteiger charge is 2.31. The van der Waals surface area contributed by atoms with Gasteiger partial charge in [0, 0.05) is 18.0 Å². The van der Waals surface area contributed by atoms with Crippen molar-refractivity contribution in [3.8, 4) is 5.75 Å². The second-order valence-electron chi connectivity index (χ2n) is 8.26. The van der Waals surface area contributed by atoms with E-state index < -0.39 is 0 Å². The molecule has 2 aromatic rings. The minimum absolute atomic E-state index is 0.0612. The van der Waals surface area contributed by atoms with Gasteiger partial charge in [-0.1, -0.05) is 42.1 Å². The first-order valence-electron chi connectivity index (χ1n) is 10.5. The zero-order chi connectivity index (χ0) is 18.9. The highest BCUT2D eigenvalue weighted by Crippen LogP contribution is 2.42. The molecule has 1 saturated heterocycles. The molecule has 0 saturated carbocycles. The van der Waals surface area contributed by atoms with Gasteiger partial charge in [0.05, 0.1) is 5.69 Å². The molecule has 0 aliphatic carbocycles. The van der Waals surface area contributed by atoms with Crippen molar-refractivity contribution in [2.75, 3.05) is 31.1 Å². The molecule has 2 atom stereocenters.